The summed E-state index contributed by atoms with van der Waals surface area (Å²) in [6.07, 6.45) is 6.67. The summed E-state index contributed by atoms with van der Waals surface area (Å²) in [5, 5.41) is 11.3. The summed E-state index contributed by atoms with van der Waals surface area (Å²) in [4.78, 5) is 32.2. The average molecular weight is 520 g/mol. The Hall–Kier alpha value is -4.27. The Kier molecular flexibility index (Phi) is 8.68. The lowest BCUT2D eigenvalue weighted by atomic mass is 9.95. The zero-order valence-electron chi connectivity index (χ0n) is 21.9. The number of carbonyl (C=O) groups excluding carboxylic acids is 2. The van der Waals surface area contributed by atoms with E-state index in [4.69, 9.17) is 14.2 Å². The molecule has 9 heteroatoms. The number of hydrogen-bond donors (Lipinski definition) is 1. The standard InChI is InChI=1S/C29H33N3O6/c1-4-17-38-23-12-9-21(18-24(23)36-3)26-25(27(33)20-7-10-22(11-8-20)37-5-2)28(34)29(35)32(26)15-6-14-31-16-13-30-19-31/h7-13,16,18-19,26,33H,4-6,14-15,17H2,1-3H3/t26-/m0/s1. The van der Waals surface area contributed by atoms with Crippen LogP contribution in [0.1, 0.15) is 43.9 Å². The Bertz CT molecular complexity index is 1280. The molecular formula is C29H33N3O6. The highest BCUT2D eigenvalue weighted by atomic mass is 16.5. The van der Waals surface area contributed by atoms with Gasteiger partial charge in [0.15, 0.2) is 11.5 Å². The van der Waals surface area contributed by atoms with Gasteiger partial charge in [0.25, 0.3) is 11.7 Å². The van der Waals surface area contributed by atoms with Crippen molar-refractivity contribution in [1.82, 2.24) is 14.5 Å². The number of nitrogens with zero attached hydrogens (tertiary/aromatic N) is 3. The van der Waals surface area contributed by atoms with Crippen LogP contribution in [0.5, 0.6) is 17.2 Å². The predicted octanol–water partition coefficient (Wildman–Crippen LogP) is 4.59. The first kappa shape index (κ1) is 26.8. The Morgan fingerprint density at radius 1 is 1.03 bits per heavy atom. The third-order valence-electron chi connectivity index (χ3n) is 6.32. The summed E-state index contributed by atoms with van der Waals surface area (Å²) in [6, 6.07) is 11.3. The number of likely N-dealkylation sites (tertiary alicyclic amines) is 1. The van der Waals surface area contributed by atoms with E-state index < -0.39 is 17.7 Å². The molecule has 0 aliphatic carbocycles. The molecule has 1 aliphatic heterocycles. The second-order valence-electron chi connectivity index (χ2n) is 8.86. The van der Waals surface area contributed by atoms with Gasteiger partial charge in [-0.3, -0.25) is 9.59 Å². The number of amides is 1. The number of Topliss-reactive ketones (excluding diaryl/α,β-unsaturated/α-hetero) is 1. The van der Waals surface area contributed by atoms with Crippen LogP contribution in [0, 0.1) is 0 Å². The summed E-state index contributed by atoms with van der Waals surface area (Å²) in [5.74, 6) is 0.0853. The molecule has 200 valence electrons. The molecule has 1 amide bonds. The molecule has 1 fully saturated rings. The van der Waals surface area contributed by atoms with E-state index >= 15 is 0 Å². The lowest BCUT2D eigenvalue weighted by Crippen LogP contribution is -2.31. The first-order valence-corrected chi connectivity index (χ1v) is 12.8. The summed E-state index contributed by atoms with van der Waals surface area (Å²) in [7, 11) is 1.54. The summed E-state index contributed by atoms with van der Waals surface area (Å²) >= 11 is 0. The quantitative estimate of drug-likeness (QED) is 0.212. The van der Waals surface area contributed by atoms with Gasteiger partial charge in [-0.1, -0.05) is 13.0 Å². The second kappa shape index (κ2) is 12.3. The van der Waals surface area contributed by atoms with Crippen LogP contribution in [0.3, 0.4) is 0 Å². The summed E-state index contributed by atoms with van der Waals surface area (Å²) in [6.45, 7) is 5.87. The van der Waals surface area contributed by atoms with Crippen molar-refractivity contribution in [2.45, 2.75) is 39.3 Å². The van der Waals surface area contributed by atoms with Gasteiger partial charge < -0.3 is 28.8 Å². The zero-order chi connectivity index (χ0) is 27.1. The van der Waals surface area contributed by atoms with Crippen molar-refractivity contribution >= 4 is 17.4 Å². The third-order valence-corrected chi connectivity index (χ3v) is 6.32. The number of methoxy groups -OCH3 is 1. The number of hydrogen-bond acceptors (Lipinski definition) is 7. The highest BCUT2D eigenvalue weighted by Gasteiger charge is 2.46. The van der Waals surface area contributed by atoms with E-state index in [9.17, 15) is 14.7 Å². The Labute approximate surface area is 222 Å². The lowest BCUT2D eigenvalue weighted by Gasteiger charge is -2.26. The van der Waals surface area contributed by atoms with Gasteiger partial charge in [-0.05, 0) is 61.7 Å². The van der Waals surface area contributed by atoms with Crippen LogP contribution in [0.25, 0.3) is 5.76 Å². The first-order chi connectivity index (χ1) is 18.5. The van der Waals surface area contributed by atoms with Crippen LogP contribution in [0.2, 0.25) is 0 Å². The van der Waals surface area contributed by atoms with E-state index in [1.807, 2.05) is 24.6 Å². The molecule has 38 heavy (non-hydrogen) atoms. The molecule has 2 heterocycles. The van der Waals surface area contributed by atoms with E-state index in [0.717, 1.165) is 6.42 Å². The number of benzene rings is 2. The van der Waals surface area contributed by atoms with Crippen LogP contribution < -0.4 is 14.2 Å². The van der Waals surface area contributed by atoms with Gasteiger partial charge in [-0.25, -0.2) is 4.98 Å². The Balaban J connectivity index is 1.74. The monoisotopic (exact) mass is 519 g/mol. The summed E-state index contributed by atoms with van der Waals surface area (Å²) < 4.78 is 18.8. The molecule has 0 bridgehead atoms. The van der Waals surface area contributed by atoms with Gasteiger partial charge in [0.2, 0.25) is 0 Å². The first-order valence-electron chi connectivity index (χ1n) is 12.8. The smallest absolute Gasteiger partial charge is 0.295 e. The topological polar surface area (TPSA) is 103 Å². The molecular weight excluding hydrogens is 486 g/mol. The van der Waals surface area contributed by atoms with Crippen LogP contribution in [-0.4, -0.2) is 58.1 Å². The fourth-order valence-corrected chi connectivity index (χ4v) is 4.52. The number of rotatable bonds is 12. The molecule has 2 aromatic carbocycles. The SMILES string of the molecule is CCCOc1ccc([C@H]2C(=C(O)c3ccc(OCC)cc3)C(=O)C(=O)N2CCCn2ccnc2)cc1OC. The Morgan fingerprint density at radius 3 is 2.47 bits per heavy atom. The van der Waals surface area contributed by atoms with Gasteiger partial charge >= 0.3 is 0 Å². The highest BCUT2D eigenvalue weighted by molar-refractivity contribution is 6.46. The molecule has 9 nitrogen and oxygen atoms in total. The van der Waals surface area contributed by atoms with Crippen molar-refractivity contribution in [3.63, 3.8) is 0 Å². The van der Waals surface area contributed by atoms with Crippen LogP contribution in [0.4, 0.5) is 0 Å². The normalized spacial score (nSPS) is 16.6. The van der Waals surface area contributed by atoms with Gasteiger partial charge in [0, 0.05) is 31.0 Å². The highest BCUT2D eigenvalue weighted by Crippen LogP contribution is 2.42. The molecule has 1 aliphatic rings. The number of ketones is 1. The second-order valence-corrected chi connectivity index (χ2v) is 8.86. The number of aliphatic hydroxyl groups is 1. The number of aliphatic hydroxyl groups excluding tert-OH is 1. The fourth-order valence-electron chi connectivity index (χ4n) is 4.52. The minimum absolute atomic E-state index is 0.0334. The van der Waals surface area contributed by atoms with Crippen LogP contribution in [-0.2, 0) is 16.1 Å². The lowest BCUT2D eigenvalue weighted by molar-refractivity contribution is -0.139. The number of carbonyl (C=O) groups is 2. The largest absolute Gasteiger partial charge is 0.507 e. The van der Waals surface area contributed by atoms with Crippen LogP contribution >= 0.6 is 0 Å². The molecule has 3 aromatic rings. The molecule has 1 N–H and O–H groups in total. The van der Waals surface area contributed by atoms with E-state index in [1.54, 1.807) is 62.1 Å². The van der Waals surface area contributed by atoms with Gasteiger partial charge in [0.05, 0.1) is 38.3 Å². The molecule has 1 atom stereocenters. The fraction of sp³-hybridized carbons (Fsp3) is 0.345. The van der Waals surface area contributed by atoms with Crippen molar-refractivity contribution in [2.24, 2.45) is 0 Å². The molecule has 4 rings (SSSR count). The molecule has 0 unspecified atom stereocenters. The Morgan fingerprint density at radius 2 is 1.82 bits per heavy atom. The molecule has 0 saturated carbocycles. The minimum Gasteiger partial charge on any atom is -0.507 e. The van der Waals surface area contributed by atoms with Crippen molar-refractivity contribution < 1.29 is 28.9 Å². The van der Waals surface area contributed by atoms with Crippen LogP contribution in [0.15, 0.2) is 66.8 Å². The van der Waals surface area contributed by atoms with Crippen molar-refractivity contribution in [3.8, 4) is 17.2 Å². The maximum atomic E-state index is 13.3. The number of imidazole rings is 1. The number of aryl methyl sites for hydroxylation is 1. The van der Waals surface area contributed by atoms with Crippen molar-refractivity contribution in [1.29, 1.82) is 0 Å². The van der Waals surface area contributed by atoms with E-state index in [-0.39, 0.29) is 11.3 Å². The molecule has 0 spiro atoms. The van der Waals surface area contributed by atoms with Gasteiger partial charge in [0.1, 0.15) is 11.5 Å². The number of aromatic nitrogens is 2. The van der Waals surface area contributed by atoms with Crippen molar-refractivity contribution in [3.05, 3.63) is 77.9 Å². The van der Waals surface area contributed by atoms with E-state index in [0.29, 0.717) is 61.1 Å². The average Bonchev–Trinajstić information content (AvgIpc) is 3.54. The molecule has 1 aromatic heterocycles. The maximum Gasteiger partial charge on any atom is 0.295 e. The minimum atomic E-state index is -0.793. The van der Waals surface area contributed by atoms with E-state index in [2.05, 4.69) is 4.98 Å². The van der Waals surface area contributed by atoms with Gasteiger partial charge in [-0.2, -0.15) is 0 Å². The summed E-state index contributed by atoms with van der Waals surface area (Å²) in [5.41, 5.74) is 1.09. The van der Waals surface area contributed by atoms with Crippen molar-refractivity contribution in [2.75, 3.05) is 26.9 Å². The third kappa shape index (κ3) is 5.66. The molecule has 1 saturated heterocycles. The number of ether oxygens (including phenoxy) is 3. The predicted molar refractivity (Wildman–Crippen MR) is 142 cm³/mol. The van der Waals surface area contributed by atoms with E-state index in [1.165, 1.54) is 4.90 Å². The zero-order valence-corrected chi connectivity index (χ0v) is 21.9. The van der Waals surface area contributed by atoms with Gasteiger partial charge in [-0.15, -0.1) is 0 Å². The maximum absolute atomic E-state index is 13.3. The molecule has 0 radical (unpaired) electrons.